The fourth-order valence-corrected chi connectivity index (χ4v) is 5.49. The standard InChI is InChI=1S/C21H27N5O/c27-19(7-6-16-10-22-23-11-16)24-20-17-12-25-8-9-26(13-17)15-21(20,14-25)18-4-2-1-3-5-18/h1-5,10-11,17,20H,6-9,12-15H2,(H,22,23)(H,24,27). The highest BCUT2D eigenvalue weighted by Crippen LogP contribution is 2.43. The molecule has 1 aromatic carbocycles. The lowest BCUT2D eigenvalue weighted by atomic mass is 9.64. The number of aromatic amines is 1. The van der Waals surface area contributed by atoms with E-state index in [0.29, 0.717) is 12.3 Å². The van der Waals surface area contributed by atoms with E-state index in [2.05, 4.69) is 55.6 Å². The Morgan fingerprint density at radius 3 is 2.59 bits per heavy atom. The van der Waals surface area contributed by atoms with Crippen LogP contribution in [-0.4, -0.2) is 71.2 Å². The van der Waals surface area contributed by atoms with Gasteiger partial charge in [0.15, 0.2) is 0 Å². The van der Waals surface area contributed by atoms with Gasteiger partial charge in [-0.05, 0) is 17.5 Å². The lowest BCUT2D eigenvalue weighted by molar-refractivity contribution is -0.124. The van der Waals surface area contributed by atoms with Gasteiger partial charge in [-0.3, -0.25) is 9.89 Å². The van der Waals surface area contributed by atoms with Gasteiger partial charge in [-0.25, -0.2) is 0 Å². The predicted molar refractivity (Wildman–Crippen MR) is 103 cm³/mol. The molecule has 6 nitrogen and oxygen atoms in total. The second kappa shape index (κ2) is 6.77. The first-order chi connectivity index (χ1) is 13.2. The number of nitrogens with zero attached hydrogens (tertiary/aromatic N) is 3. The third kappa shape index (κ3) is 3.07. The first-order valence-electron chi connectivity index (χ1n) is 10.0. The molecule has 3 unspecified atom stereocenters. The Balaban J connectivity index is 1.40. The number of hydrogen-bond acceptors (Lipinski definition) is 4. The van der Waals surface area contributed by atoms with Crippen molar-refractivity contribution >= 4 is 5.91 Å². The van der Waals surface area contributed by atoms with Gasteiger partial charge in [0, 0.05) is 69.3 Å². The van der Waals surface area contributed by atoms with Crippen molar-refractivity contribution in [1.29, 1.82) is 0 Å². The summed E-state index contributed by atoms with van der Waals surface area (Å²) < 4.78 is 0. The number of carbonyl (C=O) groups excluding carboxylic acids is 1. The monoisotopic (exact) mass is 365 g/mol. The number of piperidine rings is 2. The minimum Gasteiger partial charge on any atom is -0.352 e. The number of H-pyrrole nitrogens is 1. The van der Waals surface area contributed by atoms with Crippen LogP contribution in [0.15, 0.2) is 42.7 Å². The Hall–Kier alpha value is -2.18. The maximum absolute atomic E-state index is 12.8. The van der Waals surface area contributed by atoms with E-state index in [1.807, 2.05) is 6.20 Å². The molecule has 0 spiro atoms. The smallest absolute Gasteiger partial charge is 0.220 e. The molecule has 5 heterocycles. The number of fused-ring (bicyclic) bond motifs is 1. The maximum Gasteiger partial charge on any atom is 0.220 e. The van der Waals surface area contributed by atoms with E-state index in [1.165, 1.54) is 5.56 Å². The van der Waals surface area contributed by atoms with Crippen LogP contribution in [0, 0.1) is 5.92 Å². The highest BCUT2D eigenvalue weighted by Gasteiger charge is 2.55. The van der Waals surface area contributed by atoms with Gasteiger partial charge >= 0.3 is 0 Å². The molecule has 4 aliphatic heterocycles. The first kappa shape index (κ1) is 17.0. The molecule has 3 atom stereocenters. The second-order valence-electron chi connectivity index (χ2n) is 8.40. The van der Waals surface area contributed by atoms with Gasteiger partial charge in [0.2, 0.25) is 5.91 Å². The van der Waals surface area contributed by atoms with Crippen LogP contribution < -0.4 is 5.32 Å². The highest BCUT2D eigenvalue weighted by atomic mass is 16.1. The van der Waals surface area contributed by atoms with Crippen LogP contribution in [0.1, 0.15) is 17.5 Å². The molecule has 4 fully saturated rings. The SMILES string of the molecule is O=C(CCc1cn[nH]c1)NC1C2CN3CCN(C2)CC1(c1ccccc1)C3. The fourth-order valence-electron chi connectivity index (χ4n) is 5.49. The second-order valence-corrected chi connectivity index (χ2v) is 8.40. The number of hydrogen-bond donors (Lipinski definition) is 2. The van der Waals surface area contributed by atoms with Gasteiger partial charge in [0.05, 0.1) is 6.20 Å². The zero-order valence-corrected chi connectivity index (χ0v) is 15.6. The molecule has 142 valence electrons. The number of aryl methyl sites for hydroxylation is 1. The zero-order chi connectivity index (χ0) is 18.3. The summed E-state index contributed by atoms with van der Waals surface area (Å²) in [5.41, 5.74) is 2.44. The van der Waals surface area contributed by atoms with Crippen LogP contribution in [0.2, 0.25) is 0 Å². The van der Waals surface area contributed by atoms with E-state index < -0.39 is 0 Å². The quantitative estimate of drug-likeness (QED) is 0.831. The summed E-state index contributed by atoms with van der Waals surface area (Å²) in [5, 5.41) is 10.3. The van der Waals surface area contributed by atoms with Crippen LogP contribution in [0.3, 0.4) is 0 Å². The Kier molecular flexibility index (Phi) is 4.25. The maximum atomic E-state index is 12.8. The van der Waals surface area contributed by atoms with Crippen molar-refractivity contribution in [2.75, 3.05) is 39.3 Å². The van der Waals surface area contributed by atoms with Crippen LogP contribution >= 0.6 is 0 Å². The van der Waals surface area contributed by atoms with Gasteiger partial charge in [0.25, 0.3) is 0 Å². The number of carbonyl (C=O) groups is 1. The van der Waals surface area contributed by atoms with Crippen molar-refractivity contribution in [2.24, 2.45) is 5.92 Å². The molecule has 4 bridgehead atoms. The number of aromatic nitrogens is 2. The fraction of sp³-hybridized carbons (Fsp3) is 0.524. The Bertz CT molecular complexity index is 774. The molecule has 2 aromatic rings. The van der Waals surface area contributed by atoms with Crippen molar-refractivity contribution in [3.63, 3.8) is 0 Å². The molecule has 0 saturated carbocycles. The Morgan fingerprint density at radius 1 is 1.19 bits per heavy atom. The Morgan fingerprint density at radius 2 is 1.93 bits per heavy atom. The minimum absolute atomic E-state index is 0.00970. The number of benzene rings is 1. The summed E-state index contributed by atoms with van der Waals surface area (Å²) in [6, 6.07) is 11.1. The van der Waals surface area contributed by atoms with Crippen molar-refractivity contribution in [2.45, 2.75) is 24.3 Å². The van der Waals surface area contributed by atoms with E-state index in [9.17, 15) is 4.79 Å². The average Bonchev–Trinajstić information content (AvgIpc) is 3.08. The molecule has 6 rings (SSSR count). The van der Waals surface area contributed by atoms with Gasteiger partial charge in [0.1, 0.15) is 0 Å². The molecular formula is C21H27N5O. The molecule has 0 aliphatic carbocycles. The summed E-state index contributed by atoms with van der Waals surface area (Å²) in [7, 11) is 0. The van der Waals surface area contributed by atoms with E-state index in [-0.39, 0.29) is 17.4 Å². The molecule has 1 amide bonds. The van der Waals surface area contributed by atoms with E-state index in [4.69, 9.17) is 0 Å². The lowest BCUT2D eigenvalue weighted by Gasteiger charge is -2.55. The zero-order valence-electron chi connectivity index (χ0n) is 15.6. The summed E-state index contributed by atoms with van der Waals surface area (Å²) in [4.78, 5) is 18.0. The number of nitrogens with one attached hydrogen (secondary N) is 2. The van der Waals surface area contributed by atoms with Crippen molar-refractivity contribution in [3.05, 3.63) is 53.9 Å². The third-order valence-electron chi connectivity index (χ3n) is 6.66. The molecule has 4 aliphatic rings. The van der Waals surface area contributed by atoms with Crippen molar-refractivity contribution < 1.29 is 4.79 Å². The van der Waals surface area contributed by atoms with Crippen LogP contribution in [0.4, 0.5) is 0 Å². The van der Waals surface area contributed by atoms with E-state index >= 15 is 0 Å². The molecule has 4 saturated heterocycles. The summed E-state index contributed by atoms with van der Waals surface area (Å²) in [6.45, 7) is 6.56. The lowest BCUT2D eigenvalue weighted by Crippen LogP contribution is -2.70. The summed E-state index contributed by atoms with van der Waals surface area (Å²) >= 11 is 0. The number of amides is 1. The van der Waals surface area contributed by atoms with E-state index in [1.54, 1.807) is 6.20 Å². The summed E-state index contributed by atoms with van der Waals surface area (Å²) in [5.74, 6) is 0.653. The Labute approximate surface area is 159 Å². The van der Waals surface area contributed by atoms with Crippen LogP contribution in [0.5, 0.6) is 0 Å². The van der Waals surface area contributed by atoms with Crippen molar-refractivity contribution in [3.8, 4) is 0 Å². The van der Waals surface area contributed by atoms with Crippen LogP contribution in [0.25, 0.3) is 0 Å². The average molecular weight is 365 g/mol. The van der Waals surface area contributed by atoms with Gasteiger partial charge in [-0.1, -0.05) is 30.3 Å². The third-order valence-corrected chi connectivity index (χ3v) is 6.66. The van der Waals surface area contributed by atoms with E-state index in [0.717, 1.165) is 51.3 Å². The molecule has 6 heteroatoms. The highest BCUT2D eigenvalue weighted by molar-refractivity contribution is 5.77. The van der Waals surface area contributed by atoms with Crippen LogP contribution in [-0.2, 0) is 16.6 Å². The minimum atomic E-state index is -0.00970. The molecule has 0 radical (unpaired) electrons. The van der Waals surface area contributed by atoms with Gasteiger partial charge in [-0.2, -0.15) is 5.10 Å². The molecular weight excluding hydrogens is 338 g/mol. The molecule has 1 aromatic heterocycles. The van der Waals surface area contributed by atoms with Gasteiger partial charge < -0.3 is 15.1 Å². The predicted octanol–water partition coefficient (Wildman–Crippen LogP) is 1.03. The normalized spacial score (nSPS) is 34.4. The summed E-state index contributed by atoms with van der Waals surface area (Å²) in [6.07, 6.45) is 4.91. The molecule has 27 heavy (non-hydrogen) atoms. The molecule has 2 N–H and O–H groups in total. The van der Waals surface area contributed by atoms with Crippen molar-refractivity contribution in [1.82, 2.24) is 25.3 Å². The first-order valence-corrected chi connectivity index (χ1v) is 10.0. The number of rotatable bonds is 5. The topological polar surface area (TPSA) is 64.3 Å². The largest absolute Gasteiger partial charge is 0.352 e. The van der Waals surface area contributed by atoms with Gasteiger partial charge in [-0.15, -0.1) is 0 Å².